The molecule has 4 nitrogen and oxygen atoms in total. The summed E-state index contributed by atoms with van der Waals surface area (Å²) in [5.74, 6) is 0.308. The minimum absolute atomic E-state index is 0.188. The Morgan fingerprint density at radius 3 is 2.45 bits per heavy atom. The number of aliphatic hydroxyl groups is 2. The molecule has 0 heterocycles. The third-order valence-corrected chi connectivity index (χ3v) is 2.76. The number of hydrogen-bond donors (Lipinski definition) is 2. The van der Waals surface area contributed by atoms with Crippen molar-refractivity contribution in [3.63, 3.8) is 0 Å². The van der Waals surface area contributed by atoms with Gasteiger partial charge in [0.15, 0.2) is 0 Å². The average Bonchev–Trinajstić information content (AvgIpc) is 2.35. The lowest BCUT2D eigenvalue weighted by atomic mass is 10.1. The van der Waals surface area contributed by atoms with E-state index in [0.29, 0.717) is 5.75 Å². The Bertz CT molecular complexity index is 435. The fraction of sp³-hybridized carbons (Fsp3) is 0.538. The van der Waals surface area contributed by atoms with Gasteiger partial charge in [-0.05, 0) is 19.1 Å². The van der Waals surface area contributed by atoms with E-state index in [4.69, 9.17) is 9.84 Å². The SMILES string of the molecule is COc1cccc(N(CCO)CC(F)(F)F)c1[C@H](C)O. The predicted molar refractivity (Wildman–Crippen MR) is 69.0 cm³/mol. The molecule has 0 aliphatic heterocycles. The molecule has 1 atom stereocenters. The number of anilines is 1. The first-order valence-corrected chi connectivity index (χ1v) is 6.07. The van der Waals surface area contributed by atoms with Crippen molar-refractivity contribution in [3.8, 4) is 5.75 Å². The molecule has 1 aromatic carbocycles. The molecule has 0 aromatic heterocycles. The minimum Gasteiger partial charge on any atom is -0.496 e. The van der Waals surface area contributed by atoms with Gasteiger partial charge >= 0.3 is 6.18 Å². The zero-order valence-electron chi connectivity index (χ0n) is 11.3. The maximum absolute atomic E-state index is 12.6. The molecule has 0 amide bonds. The summed E-state index contributed by atoms with van der Waals surface area (Å²) in [5, 5.41) is 18.7. The van der Waals surface area contributed by atoms with Gasteiger partial charge in [0, 0.05) is 17.8 Å². The van der Waals surface area contributed by atoms with Crippen molar-refractivity contribution in [3.05, 3.63) is 23.8 Å². The molecule has 20 heavy (non-hydrogen) atoms. The van der Waals surface area contributed by atoms with Crippen molar-refractivity contribution in [2.24, 2.45) is 0 Å². The summed E-state index contributed by atoms with van der Waals surface area (Å²) in [6.45, 7) is -0.370. The summed E-state index contributed by atoms with van der Waals surface area (Å²) in [4.78, 5) is 0.977. The zero-order chi connectivity index (χ0) is 15.3. The zero-order valence-corrected chi connectivity index (χ0v) is 11.3. The molecule has 0 saturated carbocycles. The van der Waals surface area contributed by atoms with Crippen LogP contribution in [0.3, 0.4) is 0 Å². The number of ether oxygens (including phenoxy) is 1. The number of rotatable bonds is 6. The second kappa shape index (κ2) is 6.81. The lowest BCUT2D eigenvalue weighted by molar-refractivity contribution is -0.119. The Morgan fingerprint density at radius 2 is 2.00 bits per heavy atom. The van der Waals surface area contributed by atoms with E-state index in [0.717, 1.165) is 4.90 Å². The van der Waals surface area contributed by atoms with Crippen LogP contribution in [0.1, 0.15) is 18.6 Å². The van der Waals surface area contributed by atoms with E-state index in [1.54, 1.807) is 12.1 Å². The van der Waals surface area contributed by atoms with Gasteiger partial charge in [-0.25, -0.2) is 0 Å². The molecule has 1 rings (SSSR count). The van der Waals surface area contributed by atoms with E-state index < -0.39 is 25.4 Å². The summed E-state index contributed by atoms with van der Waals surface area (Å²) in [7, 11) is 1.38. The van der Waals surface area contributed by atoms with Crippen LogP contribution >= 0.6 is 0 Å². The first kappa shape index (κ1) is 16.6. The van der Waals surface area contributed by atoms with Crippen LogP contribution < -0.4 is 9.64 Å². The molecule has 114 valence electrons. The largest absolute Gasteiger partial charge is 0.496 e. The molecule has 2 N–H and O–H groups in total. The molecular weight excluding hydrogens is 275 g/mol. The standard InChI is InChI=1S/C13H18F3NO3/c1-9(19)12-10(4-3-5-11(12)20-2)17(6-7-18)8-13(14,15)16/h3-5,9,18-19H,6-8H2,1-2H3/t9-/m0/s1. The highest BCUT2D eigenvalue weighted by Gasteiger charge is 2.32. The predicted octanol–water partition coefficient (Wildman–Crippen LogP) is 2.11. The van der Waals surface area contributed by atoms with E-state index >= 15 is 0 Å². The lowest BCUT2D eigenvalue weighted by Crippen LogP contribution is -2.37. The fourth-order valence-corrected chi connectivity index (χ4v) is 2.03. The molecule has 0 unspecified atom stereocenters. The third-order valence-electron chi connectivity index (χ3n) is 2.76. The summed E-state index contributed by atoms with van der Waals surface area (Å²) in [5.41, 5.74) is 0.471. The Kier molecular flexibility index (Phi) is 5.64. The number of alkyl halides is 3. The Labute approximate surface area is 115 Å². The highest BCUT2D eigenvalue weighted by molar-refractivity contribution is 5.60. The van der Waals surface area contributed by atoms with Gasteiger partial charge in [0.2, 0.25) is 0 Å². The molecule has 7 heteroatoms. The Morgan fingerprint density at radius 1 is 1.35 bits per heavy atom. The molecule has 0 spiro atoms. The highest BCUT2D eigenvalue weighted by atomic mass is 19.4. The van der Waals surface area contributed by atoms with Crippen LogP contribution in [-0.4, -0.2) is 43.2 Å². The van der Waals surface area contributed by atoms with Crippen molar-refractivity contribution in [1.29, 1.82) is 0 Å². The van der Waals surface area contributed by atoms with Crippen molar-refractivity contribution in [2.75, 3.05) is 31.7 Å². The molecule has 0 aliphatic rings. The number of methoxy groups -OCH3 is 1. The van der Waals surface area contributed by atoms with Crippen LogP contribution in [0.25, 0.3) is 0 Å². The topological polar surface area (TPSA) is 52.9 Å². The van der Waals surface area contributed by atoms with Gasteiger partial charge in [-0.3, -0.25) is 0 Å². The number of aliphatic hydroxyl groups excluding tert-OH is 2. The minimum atomic E-state index is -4.41. The molecule has 0 fully saturated rings. The van der Waals surface area contributed by atoms with Crippen LogP contribution in [-0.2, 0) is 0 Å². The highest BCUT2D eigenvalue weighted by Crippen LogP contribution is 2.35. The first-order chi connectivity index (χ1) is 9.30. The Hall–Kier alpha value is -1.47. The summed E-state index contributed by atoms with van der Waals surface area (Å²) in [6.07, 6.45) is -5.40. The Balaban J connectivity index is 3.25. The van der Waals surface area contributed by atoms with E-state index in [-0.39, 0.29) is 17.8 Å². The van der Waals surface area contributed by atoms with Crippen LogP contribution in [0.15, 0.2) is 18.2 Å². The number of nitrogens with zero attached hydrogens (tertiary/aromatic N) is 1. The van der Waals surface area contributed by atoms with Crippen LogP contribution in [0, 0.1) is 0 Å². The monoisotopic (exact) mass is 293 g/mol. The number of hydrogen-bond acceptors (Lipinski definition) is 4. The van der Waals surface area contributed by atoms with Crippen LogP contribution in [0.2, 0.25) is 0 Å². The van der Waals surface area contributed by atoms with Crippen molar-refractivity contribution in [1.82, 2.24) is 0 Å². The van der Waals surface area contributed by atoms with Crippen molar-refractivity contribution in [2.45, 2.75) is 19.2 Å². The van der Waals surface area contributed by atoms with Crippen LogP contribution in [0.4, 0.5) is 18.9 Å². The maximum atomic E-state index is 12.6. The average molecular weight is 293 g/mol. The van der Waals surface area contributed by atoms with Gasteiger partial charge in [0.1, 0.15) is 12.3 Å². The van der Waals surface area contributed by atoms with E-state index in [1.165, 1.54) is 20.1 Å². The third kappa shape index (κ3) is 4.28. The molecular formula is C13H18F3NO3. The van der Waals surface area contributed by atoms with Crippen molar-refractivity contribution < 1.29 is 28.1 Å². The quantitative estimate of drug-likeness (QED) is 0.843. The van der Waals surface area contributed by atoms with Gasteiger partial charge in [-0.15, -0.1) is 0 Å². The first-order valence-electron chi connectivity index (χ1n) is 6.07. The fourth-order valence-electron chi connectivity index (χ4n) is 2.03. The maximum Gasteiger partial charge on any atom is 0.405 e. The number of benzene rings is 1. The van der Waals surface area contributed by atoms with Gasteiger partial charge in [-0.2, -0.15) is 13.2 Å². The second-order valence-electron chi connectivity index (χ2n) is 4.33. The molecule has 0 aliphatic carbocycles. The van der Waals surface area contributed by atoms with E-state index in [1.807, 2.05) is 0 Å². The van der Waals surface area contributed by atoms with Gasteiger partial charge < -0.3 is 19.8 Å². The summed E-state index contributed by atoms with van der Waals surface area (Å²) >= 11 is 0. The van der Waals surface area contributed by atoms with Gasteiger partial charge in [0.05, 0.1) is 19.8 Å². The van der Waals surface area contributed by atoms with E-state index in [9.17, 15) is 18.3 Å². The second-order valence-corrected chi connectivity index (χ2v) is 4.33. The lowest BCUT2D eigenvalue weighted by Gasteiger charge is -2.29. The molecule has 0 bridgehead atoms. The molecule has 1 aromatic rings. The smallest absolute Gasteiger partial charge is 0.405 e. The van der Waals surface area contributed by atoms with Gasteiger partial charge in [-0.1, -0.05) is 6.07 Å². The summed E-state index contributed by atoms with van der Waals surface area (Å²) < 4.78 is 42.9. The number of halogens is 3. The van der Waals surface area contributed by atoms with Crippen molar-refractivity contribution >= 4 is 5.69 Å². The molecule has 0 saturated heterocycles. The molecule has 0 radical (unpaired) electrons. The van der Waals surface area contributed by atoms with Crippen LogP contribution in [0.5, 0.6) is 5.75 Å². The normalized spacial score (nSPS) is 13.2. The van der Waals surface area contributed by atoms with Gasteiger partial charge in [0.25, 0.3) is 0 Å². The summed E-state index contributed by atoms with van der Waals surface area (Å²) in [6, 6.07) is 4.57. The van der Waals surface area contributed by atoms with E-state index in [2.05, 4.69) is 0 Å².